The van der Waals surface area contributed by atoms with E-state index in [-0.39, 0.29) is 5.41 Å². The van der Waals surface area contributed by atoms with Crippen molar-refractivity contribution < 1.29 is 0 Å². The molecule has 0 atom stereocenters. The molecule has 0 N–H and O–H groups in total. The van der Waals surface area contributed by atoms with Gasteiger partial charge in [0.2, 0.25) is 0 Å². The molecule has 0 radical (unpaired) electrons. The van der Waals surface area contributed by atoms with Gasteiger partial charge in [-0.3, -0.25) is 0 Å². The van der Waals surface area contributed by atoms with E-state index in [0.717, 1.165) is 22.0 Å². The summed E-state index contributed by atoms with van der Waals surface area (Å²) in [5.74, 6) is 0. The summed E-state index contributed by atoms with van der Waals surface area (Å²) in [6, 6.07) is 2.20. The minimum Gasteiger partial charge on any atom is -0.245 e. The Morgan fingerprint density at radius 1 is 1.43 bits per heavy atom. The number of aromatic nitrogens is 1. The van der Waals surface area contributed by atoms with Crippen molar-refractivity contribution in [1.82, 2.24) is 4.98 Å². The van der Waals surface area contributed by atoms with Gasteiger partial charge >= 0.3 is 0 Å². The molecule has 1 rings (SSSR count). The van der Waals surface area contributed by atoms with Crippen LogP contribution >= 0.6 is 11.3 Å². The average molecular weight is 208 g/mol. The first kappa shape index (κ1) is 11.2. The standard InChI is InChI=1S/C11H16N2S/c1-5-9-13-10(11(2,3)4)8(14-9)6-7-12/h5-6H2,1-4H3. The Balaban J connectivity index is 3.14. The van der Waals surface area contributed by atoms with Gasteiger partial charge in [-0.1, -0.05) is 27.7 Å². The molecule has 0 saturated heterocycles. The van der Waals surface area contributed by atoms with Gasteiger partial charge in [0.15, 0.2) is 0 Å². The number of thiazole rings is 1. The van der Waals surface area contributed by atoms with Crippen molar-refractivity contribution in [2.24, 2.45) is 0 Å². The zero-order valence-electron chi connectivity index (χ0n) is 9.22. The first-order chi connectivity index (χ1) is 6.49. The van der Waals surface area contributed by atoms with E-state index in [2.05, 4.69) is 38.7 Å². The largest absolute Gasteiger partial charge is 0.245 e. The summed E-state index contributed by atoms with van der Waals surface area (Å²) < 4.78 is 0. The number of nitrogens with zero attached hydrogens (tertiary/aromatic N) is 2. The Morgan fingerprint density at radius 2 is 2.07 bits per heavy atom. The molecule has 0 aliphatic rings. The fourth-order valence-corrected chi connectivity index (χ4v) is 2.48. The Bertz CT molecular complexity index is 352. The van der Waals surface area contributed by atoms with Gasteiger partial charge in [0.25, 0.3) is 0 Å². The van der Waals surface area contributed by atoms with Crippen molar-refractivity contribution in [1.29, 1.82) is 5.26 Å². The highest BCUT2D eigenvalue weighted by Gasteiger charge is 2.22. The van der Waals surface area contributed by atoms with Crippen molar-refractivity contribution in [3.63, 3.8) is 0 Å². The molecule has 1 heterocycles. The molecule has 1 aromatic heterocycles. The van der Waals surface area contributed by atoms with Gasteiger partial charge in [-0.2, -0.15) is 5.26 Å². The van der Waals surface area contributed by atoms with Crippen LogP contribution in [0.2, 0.25) is 0 Å². The van der Waals surface area contributed by atoms with Crippen LogP contribution in [-0.2, 0) is 18.3 Å². The maximum atomic E-state index is 8.72. The van der Waals surface area contributed by atoms with Crippen molar-refractivity contribution in [3.8, 4) is 6.07 Å². The van der Waals surface area contributed by atoms with E-state index in [1.807, 2.05) is 0 Å². The molecule has 0 aromatic carbocycles. The highest BCUT2D eigenvalue weighted by Crippen LogP contribution is 2.29. The lowest BCUT2D eigenvalue weighted by molar-refractivity contribution is 0.566. The van der Waals surface area contributed by atoms with E-state index < -0.39 is 0 Å². The third-order valence-corrected chi connectivity index (χ3v) is 3.19. The average Bonchev–Trinajstić information content (AvgIpc) is 2.48. The fourth-order valence-electron chi connectivity index (χ4n) is 1.33. The Labute approximate surface area is 89.6 Å². The maximum absolute atomic E-state index is 8.72. The van der Waals surface area contributed by atoms with Crippen LogP contribution in [0.3, 0.4) is 0 Å². The zero-order valence-corrected chi connectivity index (χ0v) is 10.0. The number of rotatable bonds is 2. The van der Waals surface area contributed by atoms with Crippen LogP contribution in [0.15, 0.2) is 0 Å². The van der Waals surface area contributed by atoms with E-state index in [1.54, 1.807) is 11.3 Å². The second kappa shape index (κ2) is 4.10. The van der Waals surface area contributed by atoms with Gasteiger partial charge in [0.05, 0.1) is 23.2 Å². The van der Waals surface area contributed by atoms with Gasteiger partial charge < -0.3 is 0 Å². The van der Waals surface area contributed by atoms with E-state index in [1.165, 1.54) is 0 Å². The normalized spacial score (nSPS) is 11.4. The van der Waals surface area contributed by atoms with Crippen LogP contribution in [0.4, 0.5) is 0 Å². The molecule has 0 fully saturated rings. The van der Waals surface area contributed by atoms with Crippen molar-refractivity contribution in [2.45, 2.75) is 46.0 Å². The summed E-state index contributed by atoms with van der Waals surface area (Å²) in [5.41, 5.74) is 1.15. The summed E-state index contributed by atoms with van der Waals surface area (Å²) in [7, 11) is 0. The molecular weight excluding hydrogens is 192 g/mol. The zero-order chi connectivity index (χ0) is 10.8. The molecule has 3 heteroatoms. The highest BCUT2D eigenvalue weighted by atomic mass is 32.1. The molecule has 0 amide bonds. The first-order valence-electron chi connectivity index (χ1n) is 4.85. The predicted octanol–water partition coefficient (Wildman–Crippen LogP) is 3.07. The molecule has 2 nitrogen and oxygen atoms in total. The molecule has 0 bridgehead atoms. The monoisotopic (exact) mass is 208 g/mol. The summed E-state index contributed by atoms with van der Waals surface area (Å²) >= 11 is 1.68. The molecule has 1 aromatic rings. The number of nitriles is 1. The number of hydrogen-bond donors (Lipinski definition) is 0. The van der Waals surface area contributed by atoms with Crippen LogP contribution in [0, 0.1) is 11.3 Å². The van der Waals surface area contributed by atoms with Crippen LogP contribution in [0.1, 0.15) is 43.3 Å². The molecule has 0 saturated carbocycles. The van der Waals surface area contributed by atoms with Gasteiger partial charge in [-0.25, -0.2) is 4.98 Å². The van der Waals surface area contributed by atoms with E-state index in [0.29, 0.717) is 6.42 Å². The summed E-state index contributed by atoms with van der Waals surface area (Å²) in [6.45, 7) is 8.52. The molecule has 0 aliphatic heterocycles. The molecule has 14 heavy (non-hydrogen) atoms. The quantitative estimate of drug-likeness (QED) is 0.749. The van der Waals surface area contributed by atoms with Crippen LogP contribution in [0.25, 0.3) is 0 Å². The summed E-state index contributed by atoms with van der Waals surface area (Å²) in [4.78, 5) is 5.72. The summed E-state index contributed by atoms with van der Waals surface area (Å²) in [5, 5.41) is 9.86. The van der Waals surface area contributed by atoms with Crippen LogP contribution in [-0.4, -0.2) is 4.98 Å². The fraction of sp³-hybridized carbons (Fsp3) is 0.636. The smallest absolute Gasteiger partial charge is 0.0928 e. The molecule has 0 spiro atoms. The maximum Gasteiger partial charge on any atom is 0.0928 e. The minimum absolute atomic E-state index is 0.0517. The lowest BCUT2D eigenvalue weighted by Gasteiger charge is -2.16. The van der Waals surface area contributed by atoms with Crippen LogP contribution < -0.4 is 0 Å². The lowest BCUT2D eigenvalue weighted by atomic mass is 9.91. The second-order valence-electron chi connectivity index (χ2n) is 4.32. The third kappa shape index (κ3) is 2.33. The highest BCUT2D eigenvalue weighted by molar-refractivity contribution is 7.11. The Hall–Kier alpha value is -0.880. The Morgan fingerprint density at radius 3 is 2.50 bits per heavy atom. The van der Waals surface area contributed by atoms with Crippen molar-refractivity contribution >= 4 is 11.3 Å². The Kier molecular flexibility index (Phi) is 3.28. The SMILES string of the molecule is CCc1nc(C(C)(C)C)c(CC#N)s1. The third-order valence-electron chi connectivity index (χ3n) is 1.99. The van der Waals surface area contributed by atoms with Gasteiger partial charge in [0, 0.05) is 10.3 Å². The van der Waals surface area contributed by atoms with Crippen LogP contribution in [0.5, 0.6) is 0 Å². The van der Waals surface area contributed by atoms with E-state index in [4.69, 9.17) is 5.26 Å². The van der Waals surface area contributed by atoms with E-state index >= 15 is 0 Å². The molecule has 0 aliphatic carbocycles. The second-order valence-corrected chi connectivity index (χ2v) is 5.49. The van der Waals surface area contributed by atoms with E-state index in [9.17, 15) is 0 Å². The molecular formula is C11H16N2S. The predicted molar refractivity (Wildman–Crippen MR) is 59.5 cm³/mol. The number of aryl methyl sites for hydroxylation is 1. The van der Waals surface area contributed by atoms with Gasteiger partial charge in [-0.05, 0) is 6.42 Å². The lowest BCUT2D eigenvalue weighted by Crippen LogP contribution is -2.14. The minimum atomic E-state index is 0.0517. The van der Waals surface area contributed by atoms with Gasteiger partial charge in [-0.15, -0.1) is 11.3 Å². The number of hydrogen-bond acceptors (Lipinski definition) is 3. The van der Waals surface area contributed by atoms with Gasteiger partial charge in [0.1, 0.15) is 0 Å². The first-order valence-corrected chi connectivity index (χ1v) is 5.66. The van der Waals surface area contributed by atoms with Crippen molar-refractivity contribution in [3.05, 3.63) is 15.6 Å². The summed E-state index contributed by atoms with van der Waals surface area (Å²) in [6.07, 6.45) is 1.45. The molecule has 0 unspecified atom stereocenters. The van der Waals surface area contributed by atoms with Crippen molar-refractivity contribution in [2.75, 3.05) is 0 Å². The topological polar surface area (TPSA) is 36.7 Å². The molecule has 76 valence electrons.